The number of fused-ring (bicyclic) bond motifs is 5. The number of pyridine rings is 2. The van der Waals surface area contributed by atoms with E-state index in [1.807, 2.05) is 37.5 Å². The molecule has 0 saturated carbocycles. The Hall–Kier alpha value is -3.71. The molecule has 0 radical (unpaired) electrons. The predicted octanol–water partition coefficient (Wildman–Crippen LogP) is 5.13. The minimum absolute atomic E-state index is 0.259. The third-order valence-electron chi connectivity index (χ3n) is 5.94. The SMILES string of the molecule is Cc1ccc2c3c(C#N)cccc3n3c4cc(F)cc5cc[n+](C)c(c1c23)c54. The van der Waals surface area contributed by atoms with Crippen LogP contribution < -0.4 is 4.57 Å². The topological polar surface area (TPSA) is 32.1 Å². The van der Waals surface area contributed by atoms with Crippen LogP contribution in [0.15, 0.2) is 54.7 Å². The summed E-state index contributed by atoms with van der Waals surface area (Å²) < 4.78 is 18.8. The second kappa shape index (κ2) is 4.96. The van der Waals surface area contributed by atoms with Crippen LogP contribution in [0.5, 0.6) is 0 Å². The molecule has 4 heteroatoms. The zero-order valence-corrected chi connectivity index (χ0v) is 15.4. The molecule has 0 N–H and O–H groups in total. The van der Waals surface area contributed by atoms with Crippen LogP contribution in [-0.4, -0.2) is 4.40 Å². The lowest BCUT2D eigenvalue weighted by Crippen LogP contribution is -2.28. The number of benzene rings is 3. The molecule has 3 heterocycles. The van der Waals surface area contributed by atoms with Crippen molar-refractivity contribution in [2.45, 2.75) is 6.92 Å². The van der Waals surface area contributed by atoms with E-state index in [1.54, 1.807) is 12.1 Å². The third kappa shape index (κ3) is 1.65. The molecule has 0 saturated heterocycles. The predicted molar refractivity (Wildman–Crippen MR) is 109 cm³/mol. The third-order valence-corrected chi connectivity index (χ3v) is 5.94. The number of aryl methyl sites for hydroxylation is 2. The van der Waals surface area contributed by atoms with Crippen molar-refractivity contribution in [3.05, 3.63) is 71.7 Å². The number of hydrogen-bond acceptors (Lipinski definition) is 1. The minimum atomic E-state index is -0.259. The van der Waals surface area contributed by atoms with Crippen molar-refractivity contribution in [2.75, 3.05) is 0 Å². The van der Waals surface area contributed by atoms with E-state index in [1.165, 1.54) is 0 Å². The molecule has 0 fully saturated rings. The van der Waals surface area contributed by atoms with Crippen molar-refractivity contribution in [1.29, 1.82) is 5.26 Å². The zero-order chi connectivity index (χ0) is 19.2. The smallest absolute Gasteiger partial charge is 0.224 e. The van der Waals surface area contributed by atoms with E-state index < -0.39 is 0 Å². The van der Waals surface area contributed by atoms with E-state index >= 15 is 0 Å². The summed E-state index contributed by atoms with van der Waals surface area (Å²) in [7, 11) is 2.03. The zero-order valence-electron chi connectivity index (χ0n) is 15.4. The molecule has 0 spiro atoms. The summed E-state index contributed by atoms with van der Waals surface area (Å²) >= 11 is 0. The molecule has 0 aliphatic heterocycles. The number of nitrogens with zero attached hydrogens (tertiary/aromatic N) is 3. The number of hydrogen-bond donors (Lipinski definition) is 0. The standard InChI is InChI=1S/C24H15FN3/c1-13-6-7-17-21-15(12-26)4-3-5-18(21)28-19-11-16(25)10-14-8-9-27(2)24(22(14)19)20(13)23(17)28/h3-11H,1-2H3/q+1. The summed E-state index contributed by atoms with van der Waals surface area (Å²) in [5.74, 6) is -0.259. The summed E-state index contributed by atoms with van der Waals surface area (Å²) in [5, 5.41) is 14.7. The molecule has 6 rings (SSSR count). The fraction of sp³-hybridized carbons (Fsp3) is 0.0833. The second-order valence-corrected chi connectivity index (χ2v) is 7.46. The van der Waals surface area contributed by atoms with Gasteiger partial charge in [0.2, 0.25) is 5.52 Å². The van der Waals surface area contributed by atoms with E-state index in [9.17, 15) is 9.65 Å². The molecule has 132 valence electrons. The lowest BCUT2D eigenvalue weighted by Gasteiger charge is -2.12. The Kier molecular flexibility index (Phi) is 2.72. The average molecular weight is 364 g/mol. The van der Waals surface area contributed by atoms with Gasteiger partial charge in [0.25, 0.3) is 0 Å². The highest BCUT2D eigenvalue weighted by Crippen LogP contribution is 2.41. The molecule has 3 aromatic carbocycles. The molecule has 0 unspecified atom stereocenters. The van der Waals surface area contributed by atoms with Gasteiger partial charge in [0.05, 0.1) is 39.0 Å². The van der Waals surface area contributed by atoms with Gasteiger partial charge in [-0.15, -0.1) is 0 Å². The average Bonchev–Trinajstić information content (AvgIpc) is 3.03. The van der Waals surface area contributed by atoms with E-state index in [0.717, 1.165) is 54.6 Å². The summed E-state index contributed by atoms with van der Waals surface area (Å²) in [6.45, 7) is 2.11. The Morgan fingerprint density at radius 2 is 1.86 bits per heavy atom. The van der Waals surface area contributed by atoms with E-state index in [0.29, 0.717) is 5.56 Å². The first kappa shape index (κ1) is 15.4. The molecule has 6 aromatic rings. The summed E-state index contributed by atoms with van der Waals surface area (Å²) in [6.07, 6.45) is 1.98. The Labute approximate surface area is 159 Å². The molecule has 28 heavy (non-hydrogen) atoms. The van der Waals surface area contributed by atoms with Crippen LogP contribution in [0, 0.1) is 24.1 Å². The molecule has 0 bridgehead atoms. The minimum Gasteiger partial charge on any atom is -0.307 e. The van der Waals surface area contributed by atoms with Crippen LogP contribution in [0.4, 0.5) is 4.39 Å². The maximum absolute atomic E-state index is 14.6. The highest BCUT2D eigenvalue weighted by atomic mass is 19.1. The van der Waals surface area contributed by atoms with Gasteiger partial charge in [-0.25, -0.2) is 8.96 Å². The number of nitriles is 1. The van der Waals surface area contributed by atoms with E-state index in [-0.39, 0.29) is 5.82 Å². The molecule has 3 aromatic heterocycles. The van der Waals surface area contributed by atoms with Gasteiger partial charge in [-0.2, -0.15) is 5.26 Å². The first-order valence-electron chi connectivity index (χ1n) is 9.19. The lowest BCUT2D eigenvalue weighted by atomic mass is 9.99. The van der Waals surface area contributed by atoms with Gasteiger partial charge >= 0.3 is 0 Å². The van der Waals surface area contributed by atoms with Crippen molar-refractivity contribution in [3.8, 4) is 6.07 Å². The van der Waals surface area contributed by atoms with Gasteiger partial charge in [0.1, 0.15) is 12.9 Å². The molecular weight excluding hydrogens is 349 g/mol. The van der Waals surface area contributed by atoms with Crippen molar-refractivity contribution in [2.24, 2.45) is 7.05 Å². The molecule has 0 aliphatic carbocycles. The van der Waals surface area contributed by atoms with Crippen LogP contribution in [0.1, 0.15) is 11.1 Å². The van der Waals surface area contributed by atoms with Crippen LogP contribution in [0.2, 0.25) is 0 Å². The van der Waals surface area contributed by atoms with Crippen LogP contribution in [-0.2, 0) is 7.05 Å². The van der Waals surface area contributed by atoms with Crippen molar-refractivity contribution in [3.63, 3.8) is 0 Å². The van der Waals surface area contributed by atoms with E-state index in [2.05, 4.69) is 34.1 Å². The summed E-state index contributed by atoms with van der Waals surface area (Å²) in [4.78, 5) is 0. The Morgan fingerprint density at radius 1 is 1.00 bits per heavy atom. The second-order valence-electron chi connectivity index (χ2n) is 7.46. The van der Waals surface area contributed by atoms with Crippen LogP contribution >= 0.6 is 0 Å². The number of halogens is 1. The molecule has 3 nitrogen and oxygen atoms in total. The monoisotopic (exact) mass is 364 g/mol. The normalized spacial score (nSPS) is 12.1. The van der Waals surface area contributed by atoms with Gasteiger partial charge in [-0.3, -0.25) is 0 Å². The van der Waals surface area contributed by atoms with E-state index in [4.69, 9.17) is 0 Å². The van der Waals surface area contributed by atoms with Gasteiger partial charge in [0.15, 0.2) is 6.20 Å². The molecule has 0 aliphatic rings. The van der Waals surface area contributed by atoms with Crippen LogP contribution in [0.3, 0.4) is 0 Å². The van der Waals surface area contributed by atoms with Crippen molar-refractivity contribution >= 4 is 49.0 Å². The van der Waals surface area contributed by atoms with Gasteiger partial charge in [-0.05, 0) is 42.1 Å². The maximum atomic E-state index is 14.6. The van der Waals surface area contributed by atoms with Crippen LogP contribution in [0.25, 0.3) is 49.0 Å². The first-order chi connectivity index (χ1) is 13.6. The van der Waals surface area contributed by atoms with Crippen molar-refractivity contribution in [1.82, 2.24) is 4.40 Å². The Bertz CT molecular complexity index is 1650. The Balaban J connectivity index is 2.15. The number of aromatic nitrogens is 2. The fourth-order valence-electron chi connectivity index (χ4n) is 4.82. The van der Waals surface area contributed by atoms with Gasteiger partial charge in [-0.1, -0.05) is 18.2 Å². The Morgan fingerprint density at radius 3 is 2.68 bits per heavy atom. The fourth-order valence-corrected chi connectivity index (χ4v) is 4.82. The first-order valence-corrected chi connectivity index (χ1v) is 9.19. The quantitative estimate of drug-likeness (QED) is 0.209. The van der Waals surface area contributed by atoms with Gasteiger partial charge in [0, 0.05) is 16.8 Å². The summed E-state index contributed by atoms with van der Waals surface area (Å²) in [6, 6.07) is 17.4. The maximum Gasteiger partial charge on any atom is 0.224 e. The highest BCUT2D eigenvalue weighted by Gasteiger charge is 2.24. The summed E-state index contributed by atoms with van der Waals surface area (Å²) in [5.41, 5.74) is 5.69. The number of rotatable bonds is 0. The highest BCUT2D eigenvalue weighted by molar-refractivity contribution is 6.26. The van der Waals surface area contributed by atoms with Crippen molar-refractivity contribution < 1.29 is 8.96 Å². The molecular formula is C24H15FN3+. The molecule has 0 atom stereocenters. The van der Waals surface area contributed by atoms with Gasteiger partial charge < -0.3 is 4.40 Å². The molecule has 0 amide bonds. The largest absolute Gasteiger partial charge is 0.307 e. The lowest BCUT2D eigenvalue weighted by molar-refractivity contribution is -0.643.